The Morgan fingerprint density at radius 1 is 1.27 bits per heavy atom. The Hall–Kier alpha value is -0.0900. The van der Waals surface area contributed by atoms with Crippen LogP contribution in [-0.4, -0.2) is 0 Å². The highest BCUT2D eigenvalue weighted by Gasteiger charge is 2.00. The quantitative estimate of drug-likeness (QED) is 0.642. The molecule has 0 unspecified atom stereocenters. The van der Waals surface area contributed by atoms with Crippen molar-refractivity contribution >= 4 is 44.7 Å². The van der Waals surface area contributed by atoms with E-state index >= 15 is 0 Å². The van der Waals surface area contributed by atoms with Crippen LogP contribution in [0.5, 0.6) is 0 Å². The van der Waals surface area contributed by atoms with Crippen molar-refractivity contribution in [1.82, 2.24) is 0 Å². The van der Waals surface area contributed by atoms with Crippen molar-refractivity contribution in [2.45, 2.75) is 0 Å². The third-order valence-corrected chi connectivity index (χ3v) is 3.47. The molecule has 0 fully saturated rings. The largest absolute Gasteiger partial charge is 0.148 e. The summed E-state index contributed by atoms with van der Waals surface area (Å²) in [7, 11) is 0. The summed E-state index contributed by atoms with van der Waals surface area (Å²) in [6, 6.07) is 6.32. The molecule has 0 aliphatic carbocycles. The van der Waals surface area contributed by atoms with Crippen LogP contribution in [-0.2, 0) is 0 Å². The van der Waals surface area contributed by atoms with Gasteiger partial charge in [-0.15, -0.1) is 11.3 Å². The lowest BCUT2D eigenvalue weighted by atomic mass is 10.2. The standard InChI is InChI=1S/C9H6IS/c1-6-7-3-2-4-9(10)8(7)5-11-6/h2-5H,1H2. The zero-order chi connectivity index (χ0) is 7.84. The molecule has 0 spiro atoms. The molecule has 0 nitrogen and oxygen atoms in total. The van der Waals surface area contributed by atoms with Gasteiger partial charge in [-0.1, -0.05) is 12.1 Å². The molecule has 0 aliphatic heterocycles. The van der Waals surface area contributed by atoms with Crippen LogP contribution in [0.3, 0.4) is 0 Å². The van der Waals surface area contributed by atoms with E-state index < -0.39 is 0 Å². The Balaban J connectivity index is 2.94. The van der Waals surface area contributed by atoms with Crippen molar-refractivity contribution in [3.05, 3.63) is 39.0 Å². The zero-order valence-corrected chi connectivity index (χ0v) is 8.78. The van der Waals surface area contributed by atoms with Gasteiger partial charge in [0.15, 0.2) is 0 Å². The number of rotatable bonds is 0. The zero-order valence-electron chi connectivity index (χ0n) is 5.80. The number of benzene rings is 1. The molecule has 1 heterocycles. The van der Waals surface area contributed by atoms with E-state index in [1.807, 2.05) is 0 Å². The van der Waals surface area contributed by atoms with E-state index in [4.69, 9.17) is 0 Å². The van der Waals surface area contributed by atoms with Crippen molar-refractivity contribution in [3.63, 3.8) is 0 Å². The summed E-state index contributed by atoms with van der Waals surface area (Å²) < 4.78 is 1.31. The molecule has 55 valence electrons. The van der Waals surface area contributed by atoms with Gasteiger partial charge >= 0.3 is 0 Å². The maximum Gasteiger partial charge on any atom is 0.0217 e. The number of thiophene rings is 1. The van der Waals surface area contributed by atoms with E-state index in [1.54, 1.807) is 11.3 Å². The number of hydrogen-bond donors (Lipinski definition) is 0. The van der Waals surface area contributed by atoms with Gasteiger partial charge in [0.05, 0.1) is 0 Å². The molecule has 1 radical (unpaired) electrons. The maximum absolute atomic E-state index is 3.97. The molecule has 2 heteroatoms. The highest BCUT2D eigenvalue weighted by molar-refractivity contribution is 14.1. The van der Waals surface area contributed by atoms with Gasteiger partial charge in [-0.25, -0.2) is 0 Å². The van der Waals surface area contributed by atoms with Crippen LogP contribution in [0.4, 0.5) is 0 Å². The maximum atomic E-state index is 3.97. The average molecular weight is 273 g/mol. The summed E-state index contributed by atoms with van der Waals surface area (Å²) in [5.41, 5.74) is 0. The fourth-order valence-corrected chi connectivity index (χ4v) is 2.78. The van der Waals surface area contributed by atoms with E-state index in [1.165, 1.54) is 19.2 Å². The summed E-state index contributed by atoms with van der Waals surface area (Å²) in [6.45, 7) is 3.97. The van der Waals surface area contributed by atoms with Gasteiger partial charge in [-0.3, -0.25) is 0 Å². The van der Waals surface area contributed by atoms with Crippen molar-refractivity contribution in [2.24, 2.45) is 0 Å². The van der Waals surface area contributed by atoms with Gasteiger partial charge in [0, 0.05) is 13.8 Å². The molecule has 0 N–H and O–H groups in total. The highest BCUT2D eigenvalue weighted by Crippen LogP contribution is 2.28. The SMILES string of the molecule is [CH2]c1scc2c(I)cccc12. The lowest BCUT2D eigenvalue weighted by Crippen LogP contribution is -1.71. The summed E-state index contributed by atoms with van der Waals surface area (Å²) >= 11 is 4.07. The first-order chi connectivity index (χ1) is 5.29. The van der Waals surface area contributed by atoms with Crippen molar-refractivity contribution in [1.29, 1.82) is 0 Å². The Morgan fingerprint density at radius 2 is 2.09 bits per heavy atom. The summed E-state index contributed by atoms with van der Waals surface area (Å²) in [4.78, 5) is 1.17. The van der Waals surface area contributed by atoms with E-state index in [2.05, 4.69) is 53.1 Å². The molecule has 11 heavy (non-hydrogen) atoms. The Kier molecular flexibility index (Phi) is 1.89. The molecule has 2 aromatic rings. The number of halogens is 1. The second-order valence-corrected chi connectivity index (χ2v) is 4.49. The van der Waals surface area contributed by atoms with Crippen LogP contribution >= 0.6 is 33.9 Å². The first-order valence-corrected chi connectivity index (χ1v) is 5.22. The van der Waals surface area contributed by atoms with Gasteiger partial charge in [-0.2, -0.15) is 0 Å². The molecule has 1 aromatic heterocycles. The Labute approximate surface area is 83.4 Å². The van der Waals surface area contributed by atoms with Crippen molar-refractivity contribution in [2.75, 3.05) is 0 Å². The Bertz CT molecular complexity index is 389. The van der Waals surface area contributed by atoms with Crippen LogP contribution in [0, 0.1) is 10.5 Å². The first-order valence-electron chi connectivity index (χ1n) is 3.27. The van der Waals surface area contributed by atoms with Gasteiger partial charge in [-0.05, 0) is 46.3 Å². The summed E-state index contributed by atoms with van der Waals surface area (Å²) in [5, 5.41) is 4.80. The van der Waals surface area contributed by atoms with Gasteiger partial charge in [0.2, 0.25) is 0 Å². The molecule has 0 amide bonds. The second kappa shape index (κ2) is 2.75. The molecule has 0 bridgehead atoms. The fraction of sp³-hybridized carbons (Fsp3) is 0. The van der Waals surface area contributed by atoms with Crippen molar-refractivity contribution < 1.29 is 0 Å². The smallest absolute Gasteiger partial charge is 0.0217 e. The molecular formula is C9H6IS. The molecule has 0 saturated carbocycles. The van der Waals surface area contributed by atoms with E-state index in [0.717, 1.165) is 0 Å². The van der Waals surface area contributed by atoms with E-state index in [9.17, 15) is 0 Å². The minimum absolute atomic E-state index is 1.17. The average Bonchev–Trinajstić information content (AvgIpc) is 2.35. The minimum Gasteiger partial charge on any atom is -0.148 e. The summed E-state index contributed by atoms with van der Waals surface area (Å²) in [5.74, 6) is 0. The third-order valence-electron chi connectivity index (χ3n) is 1.67. The van der Waals surface area contributed by atoms with Crippen LogP contribution in [0.2, 0.25) is 0 Å². The first kappa shape index (κ1) is 7.55. The Morgan fingerprint density at radius 3 is 2.82 bits per heavy atom. The van der Waals surface area contributed by atoms with Gasteiger partial charge in [0.25, 0.3) is 0 Å². The second-order valence-electron chi connectivity index (χ2n) is 2.36. The van der Waals surface area contributed by atoms with Gasteiger partial charge in [0.1, 0.15) is 0 Å². The number of fused-ring (bicyclic) bond motifs is 1. The van der Waals surface area contributed by atoms with Crippen molar-refractivity contribution in [3.8, 4) is 0 Å². The van der Waals surface area contributed by atoms with Crippen LogP contribution in [0.1, 0.15) is 4.88 Å². The lowest BCUT2D eigenvalue weighted by Gasteiger charge is -1.92. The topological polar surface area (TPSA) is 0 Å². The minimum atomic E-state index is 1.17. The van der Waals surface area contributed by atoms with Crippen LogP contribution in [0.15, 0.2) is 23.6 Å². The third kappa shape index (κ3) is 1.18. The van der Waals surface area contributed by atoms with E-state index in [0.29, 0.717) is 0 Å². The summed E-state index contributed by atoms with van der Waals surface area (Å²) in [6.07, 6.45) is 0. The molecule has 0 saturated heterocycles. The molecule has 0 aliphatic rings. The predicted octanol–water partition coefficient (Wildman–Crippen LogP) is 3.69. The predicted molar refractivity (Wildman–Crippen MR) is 59.0 cm³/mol. The monoisotopic (exact) mass is 273 g/mol. The molecule has 2 rings (SSSR count). The highest BCUT2D eigenvalue weighted by atomic mass is 127. The lowest BCUT2D eigenvalue weighted by molar-refractivity contribution is 1.76. The van der Waals surface area contributed by atoms with Crippen LogP contribution < -0.4 is 0 Å². The number of hydrogen-bond acceptors (Lipinski definition) is 1. The molecule has 1 aromatic carbocycles. The van der Waals surface area contributed by atoms with Crippen LogP contribution in [0.25, 0.3) is 10.8 Å². The fourth-order valence-electron chi connectivity index (χ4n) is 1.09. The normalized spacial score (nSPS) is 10.7. The molecular weight excluding hydrogens is 267 g/mol. The van der Waals surface area contributed by atoms with E-state index in [-0.39, 0.29) is 0 Å². The van der Waals surface area contributed by atoms with Gasteiger partial charge < -0.3 is 0 Å². The molecule has 0 atom stereocenters.